The first-order valence-electron chi connectivity index (χ1n) is 9.07. The van der Waals surface area contributed by atoms with Crippen molar-refractivity contribution in [2.24, 2.45) is 0 Å². The van der Waals surface area contributed by atoms with Gasteiger partial charge in [0.15, 0.2) is 0 Å². The minimum Gasteiger partial charge on any atom is -0.326 e. The molecule has 4 nitrogen and oxygen atoms in total. The summed E-state index contributed by atoms with van der Waals surface area (Å²) >= 11 is 0. The van der Waals surface area contributed by atoms with Gasteiger partial charge in [0.05, 0.1) is 5.69 Å². The summed E-state index contributed by atoms with van der Waals surface area (Å²) in [5.41, 5.74) is 6.04. The molecule has 1 amide bonds. The number of carbonyl (C=O) groups excluding carboxylic acids is 1. The summed E-state index contributed by atoms with van der Waals surface area (Å²) in [6.45, 7) is 2.06. The fourth-order valence-corrected chi connectivity index (χ4v) is 3.07. The molecule has 0 atom stereocenters. The van der Waals surface area contributed by atoms with E-state index < -0.39 is 0 Å². The van der Waals surface area contributed by atoms with E-state index >= 15 is 0 Å². The van der Waals surface area contributed by atoms with Gasteiger partial charge in [-0.25, -0.2) is 4.98 Å². The number of imidazole rings is 1. The highest BCUT2D eigenvalue weighted by molar-refractivity contribution is 5.91. The molecule has 2 heterocycles. The van der Waals surface area contributed by atoms with Crippen LogP contribution in [0.4, 0.5) is 5.69 Å². The normalized spacial score (nSPS) is 10.9. The number of nitrogens with zero attached hydrogens (tertiary/aromatic N) is 2. The number of carbonyl (C=O) groups is 1. The van der Waals surface area contributed by atoms with Gasteiger partial charge in [-0.15, -0.1) is 0 Å². The predicted molar refractivity (Wildman–Crippen MR) is 109 cm³/mol. The molecule has 0 saturated heterocycles. The van der Waals surface area contributed by atoms with Gasteiger partial charge in [0, 0.05) is 30.1 Å². The van der Waals surface area contributed by atoms with Gasteiger partial charge in [0.2, 0.25) is 5.91 Å². The Morgan fingerprint density at radius 2 is 1.81 bits per heavy atom. The van der Waals surface area contributed by atoms with Crippen molar-refractivity contribution in [2.75, 3.05) is 5.32 Å². The van der Waals surface area contributed by atoms with E-state index in [4.69, 9.17) is 0 Å². The lowest BCUT2D eigenvalue weighted by Gasteiger charge is -2.06. The largest absolute Gasteiger partial charge is 0.326 e. The van der Waals surface area contributed by atoms with Gasteiger partial charge < -0.3 is 9.72 Å². The number of nitrogens with one attached hydrogen (secondary N) is 1. The first-order valence-corrected chi connectivity index (χ1v) is 9.07. The lowest BCUT2D eigenvalue weighted by atomic mass is 10.1. The van der Waals surface area contributed by atoms with Gasteiger partial charge in [-0.05, 0) is 48.7 Å². The van der Waals surface area contributed by atoms with Crippen LogP contribution in [0.25, 0.3) is 16.9 Å². The Morgan fingerprint density at radius 3 is 2.59 bits per heavy atom. The highest BCUT2D eigenvalue weighted by Gasteiger charge is 2.06. The summed E-state index contributed by atoms with van der Waals surface area (Å²) in [5, 5.41) is 2.96. The quantitative estimate of drug-likeness (QED) is 0.554. The molecular weight excluding hydrogens is 334 g/mol. The molecule has 0 radical (unpaired) electrons. The molecule has 0 aliphatic heterocycles. The first-order chi connectivity index (χ1) is 13.2. The predicted octanol–water partition coefficient (Wildman–Crippen LogP) is 4.88. The van der Waals surface area contributed by atoms with E-state index in [-0.39, 0.29) is 5.91 Å². The molecule has 4 heteroatoms. The van der Waals surface area contributed by atoms with Crippen molar-refractivity contribution in [3.05, 3.63) is 90.3 Å². The van der Waals surface area contributed by atoms with E-state index in [1.54, 1.807) is 0 Å². The van der Waals surface area contributed by atoms with Crippen LogP contribution in [0.2, 0.25) is 0 Å². The van der Waals surface area contributed by atoms with Gasteiger partial charge in [0.25, 0.3) is 0 Å². The minimum absolute atomic E-state index is 0.0230. The molecule has 0 fully saturated rings. The third-order valence-electron chi connectivity index (χ3n) is 4.56. The van der Waals surface area contributed by atoms with Crippen molar-refractivity contribution >= 4 is 17.2 Å². The number of fused-ring (bicyclic) bond motifs is 1. The van der Waals surface area contributed by atoms with Crippen molar-refractivity contribution in [1.82, 2.24) is 9.38 Å². The SMILES string of the molecule is Cc1ccn2cc(-c3ccc(NC(=O)CCc4ccccc4)cc3)nc2c1. The van der Waals surface area contributed by atoms with Gasteiger partial charge in [-0.1, -0.05) is 42.5 Å². The summed E-state index contributed by atoms with van der Waals surface area (Å²) in [5.74, 6) is 0.0230. The second-order valence-corrected chi connectivity index (χ2v) is 6.71. The van der Waals surface area contributed by atoms with Crippen LogP contribution in [0.15, 0.2) is 79.1 Å². The molecule has 2 aromatic carbocycles. The number of rotatable bonds is 5. The molecule has 0 aliphatic rings. The molecule has 2 aromatic heterocycles. The summed E-state index contributed by atoms with van der Waals surface area (Å²) in [6, 6.07) is 22.0. The van der Waals surface area contributed by atoms with Crippen LogP contribution >= 0.6 is 0 Å². The second-order valence-electron chi connectivity index (χ2n) is 6.71. The maximum Gasteiger partial charge on any atom is 0.224 e. The Balaban J connectivity index is 1.41. The number of benzene rings is 2. The number of amides is 1. The van der Waals surface area contributed by atoms with Crippen molar-refractivity contribution in [3.63, 3.8) is 0 Å². The summed E-state index contributed by atoms with van der Waals surface area (Å²) < 4.78 is 2.02. The third-order valence-corrected chi connectivity index (χ3v) is 4.56. The number of pyridine rings is 1. The molecule has 134 valence electrons. The average Bonchev–Trinajstić information content (AvgIpc) is 3.11. The first kappa shape index (κ1) is 17.0. The van der Waals surface area contributed by atoms with Crippen LogP contribution < -0.4 is 5.32 Å². The third kappa shape index (κ3) is 4.06. The molecule has 27 heavy (non-hydrogen) atoms. The maximum atomic E-state index is 12.2. The average molecular weight is 355 g/mol. The van der Waals surface area contributed by atoms with Crippen molar-refractivity contribution in [1.29, 1.82) is 0 Å². The Bertz CT molecular complexity index is 1070. The van der Waals surface area contributed by atoms with E-state index in [0.717, 1.165) is 29.0 Å². The minimum atomic E-state index is 0.0230. The van der Waals surface area contributed by atoms with Crippen molar-refractivity contribution in [3.8, 4) is 11.3 Å². The summed E-state index contributed by atoms with van der Waals surface area (Å²) in [7, 11) is 0. The lowest BCUT2D eigenvalue weighted by molar-refractivity contribution is -0.116. The van der Waals surface area contributed by atoms with Crippen LogP contribution in [0.1, 0.15) is 17.5 Å². The van der Waals surface area contributed by atoms with Crippen LogP contribution in [0.5, 0.6) is 0 Å². The van der Waals surface area contributed by atoms with Crippen molar-refractivity contribution in [2.45, 2.75) is 19.8 Å². The standard InChI is InChI=1S/C23H21N3O/c1-17-13-14-26-16-21(25-22(26)15-17)19-8-10-20(11-9-19)24-23(27)12-7-18-5-3-2-4-6-18/h2-6,8-11,13-16H,7,12H2,1H3,(H,24,27). The molecule has 1 N–H and O–H groups in total. The zero-order valence-electron chi connectivity index (χ0n) is 15.2. The molecule has 0 spiro atoms. The molecular formula is C23H21N3O. The molecule has 4 rings (SSSR count). The van der Waals surface area contributed by atoms with Crippen LogP contribution in [-0.4, -0.2) is 15.3 Å². The van der Waals surface area contributed by atoms with Crippen LogP contribution in [-0.2, 0) is 11.2 Å². The van der Waals surface area contributed by atoms with E-state index in [1.807, 2.05) is 71.4 Å². The Kier molecular flexibility index (Phi) is 4.71. The van der Waals surface area contributed by atoms with E-state index in [0.29, 0.717) is 6.42 Å². The Hall–Kier alpha value is -3.40. The molecule has 0 unspecified atom stereocenters. The van der Waals surface area contributed by atoms with Gasteiger partial charge in [0.1, 0.15) is 5.65 Å². The zero-order valence-corrected chi connectivity index (χ0v) is 15.2. The molecule has 0 bridgehead atoms. The molecule has 0 saturated carbocycles. The number of hydrogen-bond donors (Lipinski definition) is 1. The topological polar surface area (TPSA) is 46.4 Å². The second kappa shape index (κ2) is 7.46. The van der Waals surface area contributed by atoms with Crippen LogP contribution in [0, 0.1) is 6.92 Å². The van der Waals surface area contributed by atoms with Gasteiger partial charge in [-0.2, -0.15) is 0 Å². The number of anilines is 1. The highest BCUT2D eigenvalue weighted by Crippen LogP contribution is 2.22. The fourth-order valence-electron chi connectivity index (χ4n) is 3.07. The number of aromatic nitrogens is 2. The van der Waals surface area contributed by atoms with Gasteiger partial charge in [-0.3, -0.25) is 4.79 Å². The smallest absolute Gasteiger partial charge is 0.224 e. The highest BCUT2D eigenvalue weighted by atomic mass is 16.1. The summed E-state index contributed by atoms with van der Waals surface area (Å²) in [4.78, 5) is 16.8. The number of hydrogen-bond acceptors (Lipinski definition) is 2. The Morgan fingerprint density at radius 1 is 1.04 bits per heavy atom. The van der Waals surface area contributed by atoms with Gasteiger partial charge >= 0.3 is 0 Å². The fraction of sp³-hybridized carbons (Fsp3) is 0.130. The molecule has 4 aromatic rings. The van der Waals surface area contributed by atoms with E-state index in [2.05, 4.69) is 29.4 Å². The number of aryl methyl sites for hydroxylation is 2. The lowest BCUT2D eigenvalue weighted by Crippen LogP contribution is -2.12. The Labute approximate surface area is 158 Å². The zero-order chi connectivity index (χ0) is 18.6. The monoisotopic (exact) mass is 355 g/mol. The van der Waals surface area contributed by atoms with Crippen LogP contribution in [0.3, 0.4) is 0 Å². The summed E-state index contributed by atoms with van der Waals surface area (Å²) in [6.07, 6.45) is 5.24. The van der Waals surface area contributed by atoms with E-state index in [1.165, 1.54) is 11.1 Å². The maximum absolute atomic E-state index is 12.2. The molecule has 0 aliphatic carbocycles. The van der Waals surface area contributed by atoms with Crippen molar-refractivity contribution < 1.29 is 4.79 Å². The van der Waals surface area contributed by atoms with E-state index in [9.17, 15) is 4.79 Å².